The van der Waals surface area contributed by atoms with E-state index >= 15 is 0 Å². The summed E-state index contributed by atoms with van der Waals surface area (Å²) in [6.07, 6.45) is 3.40. The molecule has 62 valence electrons. The van der Waals surface area contributed by atoms with E-state index in [1.165, 1.54) is 0 Å². The molecule has 0 aromatic rings. The monoisotopic (exact) mass is 163 g/mol. The van der Waals surface area contributed by atoms with Crippen molar-refractivity contribution in [1.82, 2.24) is 0 Å². The summed E-state index contributed by atoms with van der Waals surface area (Å²) in [6.45, 7) is 5.18. The third-order valence-electron chi connectivity index (χ3n) is 2.26. The molecule has 0 aromatic carbocycles. The second-order valence-corrected chi connectivity index (χ2v) is 3.54. The fourth-order valence-electron chi connectivity index (χ4n) is 0.917. The molecule has 10 heavy (non-hydrogen) atoms. The van der Waals surface area contributed by atoms with E-state index in [0.717, 1.165) is 31.7 Å². The summed E-state index contributed by atoms with van der Waals surface area (Å²) in [5.74, 6) is 0.760. The normalized spacial score (nSPS) is 16.8. The van der Waals surface area contributed by atoms with Crippen LogP contribution in [0.1, 0.15) is 33.1 Å². The Kier molecular flexibility index (Phi) is 5.10. The van der Waals surface area contributed by atoms with Crippen molar-refractivity contribution in [3.05, 3.63) is 0 Å². The predicted molar refractivity (Wildman–Crippen MR) is 47.4 cm³/mol. The van der Waals surface area contributed by atoms with Gasteiger partial charge in [-0.05, 0) is 31.2 Å². The number of nitrogens with two attached hydrogens (primary N) is 1. The second kappa shape index (κ2) is 4.97. The highest BCUT2D eigenvalue weighted by Crippen LogP contribution is 2.25. The number of hydrogen-bond donors (Lipinski definition) is 1. The van der Waals surface area contributed by atoms with Crippen molar-refractivity contribution >= 4 is 11.6 Å². The summed E-state index contributed by atoms with van der Waals surface area (Å²) in [6, 6.07) is 0. The molecule has 0 saturated carbocycles. The van der Waals surface area contributed by atoms with Crippen molar-refractivity contribution in [2.45, 2.75) is 33.1 Å². The molecule has 1 atom stereocenters. The lowest BCUT2D eigenvalue weighted by Gasteiger charge is -2.25. The van der Waals surface area contributed by atoms with E-state index in [2.05, 4.69) is 13.8 Å². The van der Waals surface area contributed by atoms with Crippen LogP contribution in [0.15, 0.2) is 0 Å². The first kappa shape index (κ1) is 10.2. The standard InChI is InChI=1S/C8H18ClN/c1-3-8(2,7-10)5-4-6-9/h3-7,10H2,1-2H3. The van der Waals surface area contributed by atoms with Gasteiger partial charge >= 0.3 is 0 Å². The molecule has 0 aliphatic heterocycles. The SMILES string of the molecule is CCC(C)(CN)CCCCl. The molecule has 0 aromatic heterocycles. The Labute approximate surface area is 68.9 Å². The Morgan fingerprint density at radius 2 is 2.10 bits per heavy atom. The van der Waals surface area contributed by atoms with Crippen LogP contribution in [0.4, 0.5) is 0 Å². The Bertz CT molecular complexity index is 79.3. The van der Waals surface area contributed by atoms with Crippen LogP contribution in [0.2, 0.25) is 0 Å². The van der Waals surface area contributed by atoms with Crippen molar-refractivity contribution in [1.29, 1.82) is 0 Å². The summed E-state index contributed by atoms with van der Waals surface area (Å²) < 4.78 is 0. The van der Waals surface area contributed by atoms with Gasteiger partial charge in [0, 0.05) is 5.88 Å². The van der Waals surface area contributed by atoms with Crippen LogP contribution in [0, 0.1) is 5.41 Å². The van der Waals surface area contributed by atoms with Gasteiger partial charge in [0.1, 0.15) is 0 Å². The molecule has 2 heteroatoms. The van der Waals surface area contributed by atoms with Gasteiger partial charge in [-0.1, -0.05) is 13.8 Å². The summed E-state index contributed by atoms with van der Waals surface area (Å²) in [5.41, 5.74) is 5.94. The van der Waals surface area contributed by atoms with Gasteiger partial charge in [-0.2, -0.15) is 0 Å². The second-order valence-electron chi connectivity index (χ2n) is 3.16. The minimum absolute atomic E-state index is 0.328. The number of hydrogen-bond acceptors (Lipinski definition) is 1. The summed E-state index contributed by atoms with van der Waals surface area (Å²) >= 11 is 5.58. The molecule has 0 aliphatic rings. The van der Waals surface area contributed by atoms with Gasteiger partial charge in [-0.25, -0.2) is 0 Å². The first-order chi connectivity index (χ1) is 4.68. The lowest BCUT2D eigenvalue weighted by atomic mass is 9.83. The fraction of sp³-hybridized carbons (Fsp3) is 1.00. The maximum atomic E-state index is 5.62. The molecule has 2 N–H and O–H groups in total. The molecule has 0 amide bonds. The summed E-state index contributed by atoms with van der Waals surface area (Å²) in [4.78, 5) is 0. The van der Waals surface area contributed by atoms with Crippen molar-refractivity contribution in [3.63, 3.8) is 0 Å². The third kappa shape index (κ3) is 3.43. The smallest absolute Gasteiger partial charge is 0.0223 e. The topological polar surface area (TPSA) is 26.0 Å². The molecule has 0 bridgehead atoms. The molecule has 0 rings (SSSR count). The number of alkyl halides is 1. The Morgan fingerprint density at radius 3 is 2.40 bits per heavy atom. The lowest BCUT2D eigenvalue weighted by molar-refractivity contribution is 0.294. The maximum absolute atomic E-state index is 5.62. The maximum Gasteiger partial charge on any atom is 0.0223 e. The number of halogens is 1. The highest BCUT2D eigenvalue weighted by Gasteiger charge is 2.18. The fourth-order valence-corrected chi connectivity index (χ4v) is 1.05. The van der Waals surface area contributed by atoms with Crippen molar-refractivity contribution in [2.24, 2.45) is 11.1 Å². The van der Waals surface area contributed by atoms with Gasteiger partial charge < -0.3 is 5.73 Å². The highest BCUT2D eigenvalue weighted by atomic mass is 35.5. The van der Waals surface area contributed by atoms with Crippen LogP contribution in [-0.4, -0.2) is 12.4 Å². The Balaban J connectivity index is 3.58. The van der Waals surface area contributed by atoms with Gasteiger partial charge in [0.2, 0.25) is 0 Å². The molecule has 1 unspecified atom stereocenters. The minimum atomic E-state index is 0.328. The third-order valence-corrected chi connectivity index (χ3v) is 2.53. The van der Waals surface area contributed by atoms with E-state index in [-0.39, 0.29) is 0 Å². The van der Waals surface area contributed by atoms with Gasteiger partial charge in [-0.3, -0.25) is 0 Å². The van der Waals surface area contributed by atoms with Crippen LogP contribution in [-0.2, 0) is 0 Å². The van der Waals surface area contributed by atoms with E-state index in [1.807, 2.05) is 0 Å². The quantitative estimate of drug-likeness (QED) is 0.619. The molecular weight excluding hydrogens is 146 g/mol. The molecule has 1 nitrogen and oxygen atoms in total. The first-order valence-electron chi connectivity index (χ1n) is 3.94. The van der Waals surface area contributed by atoms with Gasteiger partial charge in [0.05, 0.1) is 0 Å². The highest BCUT2D eigenvalue weighted by molar-refractivity contribution is 6.17. The van der Waals surface area contributed by atoms with Gasteiger partial charge in [0.25, 0.3) is 0 Å². The summed E-state index contributed by atoms with van der Waals surface area (Å²) in [5, 5.41) is 0. The predicted octanol–water partition coefficient (Wildman–Crippen LogP) is 2.38. The minimum Gasteiger partial charge on any atom is -0.330 e. The molecule has 0 spiro atoms. The molecule has 0 aliphatic carbocycles. The molecule has 0 fully saturated rings. The van der Waals surface area contributed by atoms with Crippen LogP contribution >= 0.6 is 11.6 Å². The first-order valence-corrected chi connectivity index (χ1v) is 4.48. The van der Waals surface area contributed by atoms with Gasteiger partial charge in [-0.15, -0.1) is 11.6 Å². The summed E-state index contributed by atoms with van der Waals surface area (Å²) in [7, 11) is 0. The van der Waals surface area contributed by atoms with Crippen LogP contribution in [0.3, 0.4) is 0 Å². The van der Waals surface area contributed by atoms with Crippen molar-refractivity contribution in [3.8, 4) is 0 Å². The molecule has 0 heterocycles. The van der Waals surface area contributed by atoms with E-state index in [9.17, 15) is 0 Å². The van der Waals surface area contributed by atoms with Crippen LogP contribution in [0.25, 0.3) is 0 Å². The zero-order chi connectivity index (χ0) is 8.04. The lowest BCUT2D eigenvalue weighted by Crippen LogP contribution is -2.26. The van der Waals surface area contributed by atoms with Crippen LogP contribution < -0.4 is 5.73 Å². The molecule has 0 radical (unpaired) electrons. The Hall–Kier alpha value is 0.250. The molecule has 0 saturated heterocycles. The number of rotatable bonds is 5. The van der Waals surface area contributed by atoms with Gasteiger partial charge in [0.15, 0.2) is 0 Å². The van der Waals surface area contributed by atoms with Crippen molar-refractivity contribution in [2.75, 3.05) is 12.4 Å². The van der Waals surface area contributed by atoms with Crippen molar-refractivity contribution < 1.29 is 0 Å². The van der Waals surface area contributed by atoms with E-state index in [1.54, 1.807) is 0 Å². The van der Waals surface area contributed by atoms with E-state index < -0.39 is 0 Å². The zero-order valence-corrected chi connectivity index (χ0v) is 7.75. The average Bonchev–Trinajstić information content (AvgIpc) is 2.00. The zero-order valence-electron chi connectivity index (χ0n) is 6.99. The Morgan fingerprint density at radius 1 is 1.50 bits per heavy atom. The van der Waals surface area contributed by atoms with Crippen LogP contribution in [0.5, 0.6) is 0 Å². The average molecular weight is 164 g/mol. The molecular formula is C8H18ClN. The largest absolute Gasteiger partial charge is 0.330 e. The van der Waals surface area contributed by atoms with E-state index in [4.69, 9.17) is 17.3 Å². The van der Waals surface area contributed by atoms with E-state index in [0.29, 0.717) is 5.41 Å².